The van der Waals surface area contributed by atoms with Crippen LogP contribution >= 0.6 is 12.6 Å². The maximum atomic E-state index is 11.1. The molecule has 7 heteroatoms. The zero-order valence-corrected chi connectivity index (χ0v) is 8.94. The molecule has 0 N–H and O–H groups in total. The molecule has 78 valence electrons. The lowest BCUT2D eigenvalue weighted by Crippen LogP contribution is -2.36. The maximum Gasteiger partial charge on any atom is 0.310 e. The van der Waals surface area contributed by atoms with Crippen LogP contribution in [0.25, 0.3) is 0 Å². The highest BCUT2D eigenvalue weighted by Gasteiger charge is 2.42. The van der Waals surface area contributed by atoms with Crippen molar-refractivity contribution in [2.24, 2.45) is 20.7 Å². The van der Waals surface area contributed by atoms with Crippen molar-refractivity contribution in [3.8, 4) is 0 Å². The first kappa shape index (κ1) is 11.1. The minimum absolute atomic E-state index is 0.0263. The van der Waals surface area contributed by atoms with E-state index in [4.69, 9.17) is 0 Å². The molecule has 1 aliphatic heterocycles. The quantitative estimate of drug-likeness (QED) is 0.574. The number of ether oxygens (including phenoxy) is 1. The van der Waals surface area contributed by atoms with Crippen molar-refractivity contribution in [1.29, 1.82) is 0 Å². The van der Waals surface area contributed by atoms with Gasteiger partial charge in [0.15, 0.2) is 0 Å². The van der Waals surface area contributed by atoms with Crippen molar-refractivity contribution in [2.75, 3.05) is 7.11 Å². The standard InChI is InChI=1S/C7H12N4O2S/c1-3-5(14)7(4-6(12)13-2)8-10-11-9-7/h5,14H,3-4H2,1-2H3. The van der Waals surface area contributed by atoms with Gasteiger partial charge in [-0.3, -0.25) is 4.79 Å². The second-order valence-electron chi connectivity index (χ2n) is 2.93. The Kier molecular flexibility index (Phi) is 3.56. The molecule has 1 aliphatic rings. The molecule has 1 unspecified atom stereocenters. The van der Waals surface area contributed by atoms with Crippen LogP contribution in [0.2, 0.25) is 0 Å². The zero-order chi connectivity index (χ0) is 10.6. The fourth-order valence-electron chi connectivity index (χ4n) is 1.15. The van der Waals surface area contributed by atoms with E-state index in [2.05, 4.69) is 38.0 Å². The van der Waals surface area contributed by atoms with Crippen LogP contribution in [-0.2, 0) is 9.53 Å². The Hall–Kier alpha value is -0.980. The predicted molar refractivity (Wildman–Crippen MR) is 52.1 cm³/mol. The fourth-order valence-corrected chi connectivity index (χ4v) is 1.34. The molecule has 0 fully saturated rings. The average Bonchev–Trinajstić information content (AvgIpc) is 2.66. The van der Waals surface area contributed by atoms with E-state index in [1.54, 1.807) is 0 Å². The van der Waals surface area contributed by atoms with E-state index in [0.717, 1.165) is 6.42 Å². The Balaban J connectivity index is 2.78. The number of esters is 1. The van der Waals surface area contributed by atoms with E-state index >= 15 is 0 Å². The van der Waals surface area contributed by atoms with Gasteiger partial charge in [-0.2, -0.15) is 12.6 Å². The first-order valence-electron chi connectivity index (χ1n) is 4.23. The lowest BCUT2D eigenvalue weighted by atomic mass is 10.0. The van der Waals surface area contributed by atoms with Crippen LogP contribution in [0.4, 0.5) is 0 Å². The number of hydrogen-bond donors (Lipinski definition) is 1. The summed E-state index contributed by atoms with van der Waals surface area (Å²) in [6.45, 7) is 1.93. The van der Waals surface area contributed by atoms with Crippen molar-refractivity contribution in [1.82, 2.24) is 0 Å². The van der Waals surface area contributed by atoms with Crippen LogP contribution in [0, 0.1) is 0 Å². The van der Waals surface area contributed by atoms with E-state index in [1.165, 1.54) is 7.11 Å². The number of thiol groups is 1. The Morgan fingerprint density at radius 1 is 1.50 bits per heavy atom. The SMILES string of the molecule is CCC(S)C1(CC(=O)OC)N=NN=N1. The van der Waals surface area contributed by atoms with Crippen LogP contribution in [0.1, 0.15) is 19.8 Å². The third kappa shape index (κ3) is 2.09. The monoisotopic (exact) mass is 216 g/mol. The Bertz CT molecular complexity index is 267. The van der Waals surface area contributed by atoms with Gasteiger partial charge in [-0.05, 0) is 16.9 Å². The molecule has 0 amide bonds. The lowest BCUT2D eigenvalue weighted by molar-refractivity contribution is -0.141. The summed E-state index contributed by atoms with van der Waals surface area (Å²) in [5, 5.41) is 14.3. The van der Waals surface area contributed by atoms with Gasteiger partial charge >= 0.3 is 5.97 Å². The smallest absolute Gasteiger partial charge is 0.310 e. The first-order valence-corrected chi connectivity index (χ1v) is 4.75. The molecule has 0 spiro atoms. The van der Waals surface area contributed by atoms with E-state index in [-0.39, 0.29) is 11.7 Å². The van der Waals surface area contributed by atoms with Crippen molar-refractivity contribution >= 4 is 18.6 Å². The summed E-state index contributed by atoms with van der Waals surface area (Å²) < 4.78 is 4.56. The minimum Gasteiger partial charge on any atom is -0.469 e. The molecule has 0 aromatic carbocycles. The van der Waals surface area contributed by atoms with Gasteiger partial charge in [0.2, 0.25) is 5.66 Å². The lowest BCUT2D eigenvalue weighted by Gasteiger charge is -2.23. The maximum absolute atomic E-state index is 11.1. The fraction of sp³-hybridized carbons (Fsp3) is 0.857. The molecule has 0 aliphatic carbocycles. The summed E-state index contributed by atoms with van der Waals surface area (Å²) in [5.74, 6) is -0.391. The van der Waals surface area contributed by atoms with Gasteiger partial charge < -0.3 is 4.74 Å². The van der Waals surface area contributed by atoms with Crippen LogP contribution in [-0.4, -0.2) is 24.0 Å². The summed E-state index contributed by atoms with van der Waals surface area (Å²) in [6, 6.07) is 0. The summed E-state index contributed by atoms with van der Waals surface area (Å²) >= 11 is 4.31. The van der Waals surface area contributed by atoms with Gasteiger partial charge in [0.1, 0.15) is 0 Å². The first-order chi connectivity index (χ1) is 6.64. The molecule has 0 aromatic rings. The van der Waals surface area contributed by atoms with Gasteiger partial charge in [-0.1, -0.05) is 6.92 Å². The minimum atomic E-state index is -0.967. The summed E-state index contributed by atoms with van der Waals surface area (Å²) in [4.78, 5) is 11.1. The predicted octanol–water partition coefficient (Wildman–Crippen LogP) is 1.79. The Morgan fingerprint density at radius 2 is 2.07 bits per heavy atom. The number of nitrogens with zero attached hydrogens (tertiary/aromatic N) is 4. The zero-order valence-electron chi connectivity index (χ0n) is 8.04. The summed E-state index contributed by atoms with van der Waals surface area (Å²) in [5.41, 5.74) is -0.967. The van der Waals surface area contributed by atoms with Gasteiger partial charge in [-0.25, -0.2) is 0 Å². The van der Waals surface area contributed by atoms with Gasteiger partial charge in [0.25, 0.3) is 0 Å². The number of hydrogen-bond acceptors (Lipinski definition) is 7. The largest absolute Gasteiger partial charge is 0.469 e. The van der Waals surface area contributed by atoms with E-state index in [9.17, 15) is 4.79 Å². The Morgan fingerprint density at radius 3 is 2.50 bits per heavy atom. The second-order valence-corrected chi connectivity index (χ2v) is 3.56. The molecule has 1 atom stereocenters. The van der Waals surface area contributed by atoms with Gasteiger partial charge in [-0.15, -0.1) is 10.2 Å². The van der Waals surface area contributed by atoms with Crippen molar-refractivity contribution in [2.45, 2.75) is 30.7 Å². The molecule has 0 bridgehead atoms. The summed E-state index contributed by atoms with van der Waals surface area (Å²) in [7, 11) is 1.32. The normalized spacial score (nSPS) is 19.6. The molecule has 0 radical (unpaired) electrons. The summed E-state index contributed by atoms with van der Waals surface area (Å²) in [6.07, 6.45) is 0.747. The van der Waals surface area contributed by atoms with Crippen molar-refractivity contribution in [3.05, 3.63) is 0 Å². The molecular weight excluding hydrogens is 204 g/mol. The molecule has 14 heavy (non-hydrogen) atoms. The highest BCUT2D eigenvalue weighted by Crippen LogP contribution is 2.33. The van der Waals surface area contributed by atoms with E-state index < -0.39 is 11.6 Å². The molecule has 6 nitrogen and oxygen atoms in total. The molecule has 0 aromatic heterocycles. The number of rotatable bonds is 4. The van der Waals surface area contributed by atoms with Crippen LogP contribution < -0.4 is 0 Å². The molecule has 1 heterocycles. The number of methoxy groups -OCH3 is 1. The van der Waals surface area contributed by atoms with Crippen LogP contribution in [0.15, 0.2) is 20.7 Å². The van der Waals surface area contributed by atoms with Gasteiger partial charge in [0.05, 0.1) is 18.8 Å². The topological polar surface area (TPSA) is 75.7 Å². The molecule has 1 rings (SSSR count). The van der Waals surface area contributed by atoms with E-state index in [1.807, 2.05) is 6.92 Å². The van der Waals surface area contributed by atoms with Crippen molar-refractivity contribution < 1.29 is 9.53 Å². The van der Waals surface area contributed by atoms with E-state index in [0.29, 0.717) is 0 Å². The molecule has 0 saturated carbocycles. The Labute approximate surface area is 87.2 Å². The van der Waals surface area contributed by atoms with Crippen LogP contribution in [0.5, 0.6) is 0 Å². The van der Waals surface area contributed by atoms with Gasteiger partial charge in [0, 0.05) is 0 Å². The third-order valence-corrected chi connectivity index (χ3v) is 2.81. The molecular formula is C7H12N4O2S. The van der Waals surface area contributed by atoms with Crippen molar-refractivity contribution in [3.63, 3.8) is 0 Å². The van der Waals surface area contributed by atoms with Crippen LogP contribution in [0.3, 0.4) is 0 Å². The average molecular weight is 216 g/mol. The number of carbonyl (C=O) groups excluding carboxylic acids is 1. The highest BCUT2D eigenvalue weighted by molar-refractivity contribution is 7.81. The molecule has 0 saturated heterocycles. The third-order valence-electron chi connectivity index (χ3n) is 2.03. The second kappa shape index (κ2) is 4.50. The highest BCUT2D eigenvalue weighted by atomic mass is 32.1. The number of carbonyl (C=O) groups is 1.